The normalized spacial score (nSPS) is 13.4. The van der Waals surface area contributed by atoms with Crippen LogP contribution in [0.5, 0.6) is 0 Å². The minimum atomic E-state index is -1.02. The van der Waals surface area contributed by atoms with Crippen LogP contribution in [0.4, 0.5) is 8.78 Å². The Kier molecular flexibility index (Phi) is 3.29. The molecule has 1 aliphatic rings. The lowest BCUT2D eigenvalue weighted by molar-refractivity contribution is 0.0597. The summed E-state index contributed by atoms with van der Waals surface area (Å²) >= 11 is 1.21. The Morgan fingerprint density at radius 1 is 1.33 bits per heavy atom. The van der Waals surface area contributed by atoms with Gasteiger partial charge >= 0.3 is 5.97 Å². The Labute approximate surface area is 122 Å². The van der Waals surface area contributed by atoms with Gasteiger partial charge < -0.3 is 4.74 Å². The molecule has 7 heteroatoms. The monoisotopic (exact) mass is 309 g/mol. The van der Waals surface area contributed by atoms with Gasteiger partial charge in [-0.1, -0.05) is 17.8 Å². The molecule has 0 radical (unpaired) electrons. The van der Waals surface area contributed by atoms with Crippen LogP contribution in [0.1, 0.15) is 15.2 Å². The molecule has 0 fully saturated rings. The van der Waals surface area contributed by atoms with Crippen molar-refractivity contribution in [3.05, 3.63) is 41.6 Å². The number of carbonyl (C=O) groups excluding carboxylic acids is 2. The third-order valence-corrected chi connectivity index (χ3v) is 4.25. The molecule has 4 nitrogen and oxygen atoms in total. The third kappa shape index (κ3) is 2.13. The van der Waals surface area contributed by atoms with E-state index in [9.17, 15) is 18.4 Å². The summed E-state index contributed by atoms with van der Waals surface area (Å²) in [6, 6.07) is 3.32. The van der Waals surface area contributed by atoms with Gasteiger partial charge in [-0.2, -0.15) is 0 Å². The van der Waals surface area contributed by atoms with Gasteiger partial charge in [-0.15, -0.1) is 0 Å². The number of rotatable bonds is 2. The summed E-state index contributed by atoms with van der Waals surface area (Å²) in [6.07, 6.45) is 1.45. The fourth-order valence-electron chi connectivity index (χ4n) is 2.20. The highest BCUT2D eigenvalue weighted by Crippen LogP contribution is 2.38. The average molecular weight is 309 g/mol. The molecule has 1 aromatic heterocycles. The Morgan fingerprint density at radius 2 is 2.10 bits per heavy atom. The number of thioether (sulfide) groups is 1. The maximum atomic E-state index is 13.4. The predicted octanol–water partition coefficient (Wildman–Crippen LogP) is 2.97. The highest BCUT2D eigenvalue weighted by Gasteiger charge is 2.31. The largest absolute Gasteiger partial charge is 0.465 e. The zero-order valence-corrected chi connectivity index (χ0v) is 11.7. The van der Waals surface area contributed by atoms with Crippen molar-refractivity contribution in [3.8, 4) is 11.1 Å². The fraction of sp³-hybridized carbons (Fsp3) is 0.143. The van der Waals surface area contributed by atoms with Gasteiger partial charge in [-0.05, 0) is 17.7 Å². The molecule has 3 rings (SSSR count). The second-order valence-electron chi connectivity index (χ2n) is 4.40. The van der Waals surface area contributed by atoms with Crippen molar-refractivity contribution in [3.63, 3.8) is 0 Å². The van der Waals surface area contributed by atoms with Crippen molar-refractivity contribution in [1.82, 2.24) is 4.57 Å². The van der Waals surface area contributed by atoms with Crippen LogP contribution in [-0.2, 0) is 4.74 Å². The molecule has 1 aromatic carbocycles. The minimum absolute atomic E-state index is 0.172. The molecule has 21 heavy (non-hydrogen) atoms. The van der Waals surface area contributed by atoms with E-state index >= 15 is 0 Å². The van der Waals surface area contributed by atoms with Gasteiger partial charge in [0.05, 0.1) is 23.5 Å². The van der Waals surface area contributed by atoms with Crippen LogP contribution in [-0.4, -0.2) is 29.3 Å². The van der Waals surface area contributed by atoms with Gasteiger partial charge in [0.1, 0.15) is 0 Å². The van der Waals surface area contributed by atoms with Crippen LogP contribution in [0.3, 0.4) is 0 Å². The molecule has 108 valence electrons. The van der Waals surface area contributed by atoms with Gasteiger partial charge in [0.25, 0.3) is 0 Å². The molecular formula is C14H9F2NO3S. The van der Waals surface area contributed by atoms with E-state index < -0.39 is 17.6 Å². The van der Waals surface area contributed by atoms with E-state index in [-0.39, 0.29) is 17.2 Å². The van der Waals surface area contributed by atoms with Crippen LogP contribution in [0, 0.1) is 11.6 Å². The summed E-state index contributed by atoms with van der Waals surface area (Å²) < 4.78 is 32.5. The van der Waals surface area contributed by atoms with Crippen LogP contribution in [0.25, 0.3) is 11.1 Å². The number of methoxy groups -OCH3 is 1. The number of hydrogen-bond donors (Lipinski definition) is 0. The molecule has 0 spiro atoms. The first kappa shape index (κ1) is 13.8. The van der Waals surface area contributed by atoms with E-state index in [0.717, 1.165) is 12.1 Å². The lowest BCUT2D eigenvalue weighted by Crippen LogP contribution is -2.05. The molecule has 0 atom stereocenters. The molecule has 0 N–H and O–H groups in total. The first-order valence-corrected chi connectivity index (χ1v) is 6.96. The van der Waals surface area contributed by atoms with Gasteiger partial charge in [-0.25, -0.2) is 13.6 Å². The van der Waals surface area contributed by atoms with Gasteiger partial charge in [0.2, 0.25) is 5.91 Å². The molecular weight excluding hydrogens is 300 g/mol. The molecule has 1 aliphatic heterocycles. The Hall–Kier alpha value is -2.15. The second-order valence-corrected chi connectivity index (χ2v) is 5.36. The summed E-state index contributed by atoms with van der Waals surface area (Å²) in [4.78, 5) is 23.7. The Bertz CT molecular complexity index is 770. The first-order chi connectivity index (χ1) is 10.0. The van der Waals surface area contributed by atoms with E-state index in [1.54, 1.807) is 0 Å². The number of halogens is 2. The summed E-state index contributed by atoms with van der Waals surface area (Å²) in [5.41, 5.74) is 0.847. The van der Waals surface area contributed by atoms with Crippen LogP contribution in [0.15, 0.2) is 29.4 Å². The molecule has 0 bridgehead atoms. The lowest BCUT2D eigenvalue weighted by Gasteiger charge is -2.05. The van der Waals surface area contributed by atoms with E-state index in [0.29, 0.717) is 16.2 Å². The number of fused-ring (bicyclic) bond motifs is 1. The van der Waals surface area contributed by atoms with Crippen LogP contribution in [0.2, 0.25) is 0 Å². The van der Waals surface area contributed by atoms with E-state index in [2.05, 4.69) is 0 Å². The van der Waals surface area contributed by atoms with E-state index in [1.165, 1.54) is 35.7 Å². The maximum absolute atomic E-state index is 13.4. The third-order valence-electron chi connectivity index (χ3n) is 3.18. The zero-order valence-electron chi connectivity index (χ0n) is 10.9. The fourth-order valence-corrected chi connectivity index (χ4v) is 3.23. The quantitative estimate of drug-likeness (QED) is 0.800. The average Bonchev–Trinajstić information content (AvgIpc) is 3.01. The Morgan fingerprint density at radius 3 is 2.76 bits per heavy atom. The van der Waals surface area contributed by atoms with E-state index in [1.807, 2.05) is 0 Å². The zero-order chi connectivity index (χ0) is 15.1. The topological polar surface area (TPSA) is 48.3 Å². The molecule has 0 aliphatic carbocycles. The summed E-state index contributed by atoms with van der Waals surface area (Å²) in [5, 5.41) is 0.464. The predicted molar refractivity (Wildman–Crippen MR) is 72.5 cm³/mol. The summed E-state index contributed by atoms with van der Waals surface area (Å²) in [5.74, 6) is -2.55. The molecule has 2 aromatic rings. The van der Waals surface area contributed by atoms with Crippen molar-refractivity contribution in [2.45, 2.75) is 5.03 Å². The standard InChI is InChI=1S/C14H9F2NO3S/c1-20-14(19)12-8(5-17-11(18)6-21-13(12)17)7-2-3-9(15)10(16)4-7/h2-5H,6H2,1H3. The summed E-state index contributed by atoms with van der Waals surface area (Å²) in [6.45, 7) is 0. The highest BCUT2D eigenvalue weighted by molar-refractivity contribution is 8.00. The van der Waals surface area contributed by atoms with Crippen LogP contribution < -0.4 is 0 Å². The van der Waals surface area contributed by atoms with Crippen molar-refractivity contribution < 1.29 is 23.1 Å². The van der Waals surface area contributed by atoms with Crippen molar-refractivity contribution >= 4 is 23.6 Å². The molecule has 2 heterocycles. The molecule has 0 saturated carbocycles. The highest BCUT2D eigenvalue weighted by atomic mass is 32.2. The minimum Gasteiger partial charge on any atom is -0.465 e. The molecule has 0 amide bonds. The number of esters is 1. The van der Waals surface area contributed by atoms with Gasteiger partial charge in [0.15, 0.2) is 11.6 Å². The molecule has 0 unspecified atom stereocenters. The number of carbonyl (C=O) groups is 2. The Balaban J connectivity index is 2.22. The number of ether oxygens (including phenoxy) is 1. The first-order valence-electron chi connectivity index (χ1n) is 5.98. The number of nitrogens with zero attached hydrogens (tertiary/aromatic N) is 1. The van der Waals surface area contributed by atoms with Gasteiger partial charge in [0, 0.05) is 11.8 Å². The van der Waals surface area contributed by atoms with Crippen molar-refractivity contribution in [2.75, 3.05) is 12.9 Å². The maximum Gasteiger partial charge on any atom is 0.341 e. The molecule has 0 saturated heterocycles. The van der Waals surface area contributed by atoms with Crippen LogP contribution >= 0.6 is 11.8 Å². The van der Waals surface area contributed by atoms with E-state index in [4.69, 9.17) is 4.74 Å². The lowest BCUT2D eigenvalue weighted by atomic mass is 10.0. The number of aromatic nitrogens is 1. The SMILES string of the molecule is COC(=O)c1c(-c2ccc(F)c(F)c2)cn2c1SCC2=O. The van der Waals surface area contributed by atoms with Crippen molar-refractivity contribution in [2.24, 2.45) is 0 Å². The number of hydrogen-bond acceptors (Lipinski definition) is 4. The second kappa shape index (κ2) is 5.00. The van der Waals surface area contributed by atoms with Crippen molar-refractivity contribution in [1.29, 1.82) is 0 Å². The smallest absolute Gasteiger partial charge is 0.341 e. The number of benzene rings is 1. The van der Waals surface area contributed by atoms with Gasteiger partial charge in [-0.3, -0.25) is 9.36 Å². The summed E-state index contributed by atoms with van der Waals surface area (Å²) in [7, 11) is 1.23.